The highest BCUT2D eigenvalue weighted by Crippen LogP contribution is 2.52. The van der Waals surface area contributed by atoms with Gasteiger partial charge in [-0.1, -0.05) is 114 Å². The van der Waals surface area contributed by atoms with Crippen LogP contribution in [0.2, 0.25) is 0 Å². The SMILES string of the molecule is CC(C)(C)c1ccc2c(c1)Oc1cc(C(C)(C)C)ccc1N2c1ccc(-c2nc(-c3ccccc3)nc(-c3ccccc3)n2)cc1. The van der Waals surface area contributed by atoms with Crippen LogP contribution in [0.3, 0.4) is 0 Å². The monoisotopic (exact) mass is 602 g/mol. The van der Waals surface area contributed by atoms with E-state index in [1.807, 2.05) is 60.7 Å². The van der Waals surface area contributed by atoms with E-state index >= 15 is 0 Å². The molecule has 0 bridgehead atoms. The molecule has 228 valence electrons. The minimum absolute atomic E-state index is 0.000149. The van der Waals surface area contributed by atoms with Gasteiger partial charge in [0.1, 0.15) is 0 Å². The molecule has 46 heavy (non-hydrogen) atoms. The van der Waals surface area contributed by atoms with E-state index in [1.165, 1.54) is 11.1 Å². The largest absolute Gasteiger partial charge is 0.453 e. The van der Waals surface area contributed by atoms with Crippen LogP contribution in [0.4, 0.5) is 17.1 Å². The fraction of sp³-hybridized carbons (Fsp3) is 0.195. The number of ether oxygens (including phenoxy) is 1. The first-order chi connectivity index (χ1) is 22.0. The second-order valence-corrected chi connectivity index (χ2v) is 13.9. The molecule has 0 N–H and O–H groups in total. The van der Waals surface area contributed by atoms with Crippen molar-refractivity contribution in [3.63, 3.8) is 0 Å². The third kappa shape index (κ3) is 5.65. The maximum atomic E-state index is 6.64. The summed E-state index contributed by atoms with van der Waals surface area (Å²) < 4.78 is 6.64. The van der Waals surface area contributed by atoms with Gasteiger partial charge in [-0.2, -0.15) is 0 Å². The van der Waals surface area contributed by atoms with Crippen molar-refractivity contribution >= 4 is 17.1 Å². The van der Waals surface area contributed by atoms with Crippen molar-refractivity contribution in [1.82, 2.24) is 15.0 Å². The number of fused-ring (bicyclic) bond motifs is 2. The van der Waals surface area contributed by atoms with Crippen LogP contribution >= 0.6 is 0 Å². The van der Waals surface area contributed by atoms with Crippen molar-refractivity contribution in [3.05, 3.63) is 132 Å². The molecule has 1 aromatic heterocycles. The Kier molecular flexibility index (Phi) is 7.20. The van der Waals surface area contributed by atoms with E-state index in [2.05, 4.69) is 107 Å². The van der Waals surface area contributed by atoms with Crippen LogP contribution < -0.4 is 9.64 Å². The number of anilines is 3. The second kappa shape index (κ2) is 11.3. The van der Waals surface area contributed by atoms with E-state index in [0.717, 1.165) is 45.3 Å². The van der Waals surface area contributed by atoms with Gasteiger partial charge in [-0.05, 0) is 70.5 Å². The summed E-state index contributed by atoms with van der Waals surface area (Å²) in [4.78, 5) is 17.0. The molecule has 5 aromatic carbocycles. The van der Waals surface area contributed by atoms with Crippen molar-refractivity contribution in [2.24, 2.45) is 0 Å². The number of hydrogen-bond acceptors (Lipinski definition) is 5. The summed E-state index contributed by atoms with van der Waals surface area (Å²) in [7, 11) is 0. The Balaban J connectivity index is 1.33. The Morgan fingerprint density at radius 2 is 0.848 bits per heavy atom. The molecule has 1 aliphatic heterocycles. The van der Waals surface area contributed by atoms with E-state index in [4.69, 9.17) is 19.7 Å². The average Bonchev–Trinajstić information content (AvgIpc) is 3.06. The molecule has 0 saturated carbocycles. The van der Waals surface area contributed by atoms with E-state index in [-0.39, 0.29) is 10.8 Å². The molecule has 0 saturated heterocycles. The van der Waals surface area contributed by atoms with Crippen LogP contribution in [0, 0.1) is 0 Å². The molecule has 5 heteroatoms. The second-order valence-electron chi connectivity index (χ2n) is 13.9. The van der Waals surface area contributed by atoms with Gasteiger partial charge in [-0.25, -0.2) is 15.0 Å². The molecular weight excluding hydrogens is 564 g/mol. The number of aromatic nitrogens is 3. The predicted octanol–water partition coefficient (Wildman–Crippen LogP) is 11.0. The standard InChI is InChI=1S/C41H38N4O/c1-40(2,3)30-19-23-33-35(25-30)46-36-26-31(41(4,5)6)20-24-34(36)45(33)32-21-17-29(18-22-32)39-43-37(27-13-9-7-10-14-27)42-38(44-39)28-15-11-8-12-16-28/h7-26H,1-6H3. The van der Waals surface area contributed by atoms with Crippen LogP contribution in [0.5, 0.6) is 11.5 Å². The molecule has 7 rings (SSSR count). The predicted molar refractivity (Wildman–Crippen MR) is 188 cm³/mol. The first-order valence-electron chi connectivity index (χ1n) is 15.8. The summed E-state index contributed by atoms with van der Waals surface area (Å²) in [6, 6.07) is 41.7. The molecule has 0 spiro atoms. The molecule has 0 atom stereocenters. The van der Waals surface area contributed by atoms with Crippen LogP contribution in [-0.2, 0) is 10.8 Å². The molecule has 6 aromatic rings. The highest BCUT2D eigenvalue weighted by atomic mass is 16.5. The molecule has 5 nitrogen and oxygen atoms in total. The Morgan fingerprint density at radius 1 is 0.457 bits per heavy atom. The van der Waals surface area contributed by atoms with Gasteiger partial charge < -0.3 is 9.64 Å². The quantitative estimate of drug-likeness (QED) is 0.201. The van der Waals surface area contributed by atoms with Crippen LogP contribution in [0.15, 0.2) is 121 Å². The summed E-state index contributed by atoms with van der Waals surface area (Å²) in [5.41, 5.74) is 8.33. The Morgan fingerprint density at radius 3 is 1.24 bits per heavy atom. The lowest BCUT2D eigenvalue weighted by atomic mass is 9.86. The summed E-state index contributed by atoms with van der Waals surface area (Å²) in [5.74, 6) is 3.63. The van der Waals surface area contributed by atoms with Crippen molar-refractivity contribution in [3.8, 4) is 45.7 Å². The van der Waals surface area contributed by atoms with Gasteiger partial charge in [0.15, 0.2) is 29.0 Å². The molecule has 2 heterocycles. The van der Waals surface area contributed by atoms with E-state index < -0.39 is 0 Å². The zero-order chi connectivity index (χ0) is 32.1. The fourth-order valence-corrected chi connectivity index (χ4v) is 5.72. The van der Waals surface area contributed by atoms with Gasteiger partial charge in [0, 0.05) is 22.4 Å². The van der Waals surface area contributed by atoms with E-state index in [9.17, 15) is 0 Å². The first kappa shape index (κ1) is 29.4. The lowest BCUT2D eigenvalue weighted by Gasteiger charge is -2.35. The van der Waals surface area contributed by atoms with Crippen LogP contribution in [0.25, 0.3) is 34.2 Å². The Labute approximate surface area is 271 Å². The van der Waals surface area contributed by atoms with E-state index in [0.29, 0.717) is 17.5 Å². The summed E-state index contributed by atoms with van der Waals surface area (Å²) in [6.07, 6.45) is 0. The summed E-state index contributed by atoms with van der Waals surface area (Å²) >= 11 is 0. The molecule has 0 fully saturated rings. The zero-order valence-electron chi connectivity index (χ0n) is 27.2. The fourth-order valence-electron chi connectivity index (χ4n) is 5.72. The minimum Gasteiger partial charge on any atom is -0.453 e. The maximum absolute atomic E-state index is 6.64. The first-order valence-corrected chi connectivity index (χ1v) is 15.8. The van der Waals surface area contributed by atoms with Crippen molar-refractivity contribution in [2.45, 2.75) is 52.4 Å². The topological polar surface area (TPSA) is 51.1 Å². The molecule has 0 amide bonds. The Bertz CT molecular complexity index is 1900. The maximum Gasteiger partial charge on any atom is 0.164 e. The molecule has 0 radical (unpaired) electrons. The highest BCUT2D eigenvalue weighted by molar-refractivity contribution is 5.87. The van der Waals surface area contributed by atoms with Crippen molar-refractivity contribution in [1.29, 1.82) is 0 Å². The number of rotatable bonds is 4. The normalized spacial score (nSPS) is 12.7. The lowest BCUT2D eigenvalue weighted by molar-refractivity contribution is 0.469. The zero-order valence-corrected chi connectivity index (χ0v) is 27.2. The van der Waals surface area contributed by atoms with Gasteiger partial charge >= 0.3 is 0 Å². The van der Waals surface area contributed by atoms with Crippen LogP contribution in [0.1, 0.15) is 52.7 Å². The van der Waals surface area contributed by atoms with Gasteiger partial charge in [0.25, 0.3) is 0 Å². The minimum atomic E-state index is 0.000149. The number of benzene rings is 5. The molecule has 0 aliphatic carbocycles. The van der Waals surface area contributed by atoms with Gasteiger partial charge in [-0.3, -0.25) is 0 Å². The van der Waals surface area contributed by atoms with Crippen LogP contribution in [-0.4, -0.2) is 15.0 Å². The van der Waals surface area contributed by atoms with Gasteiger partial charge in [0.2, 0.25) is 0 Å². The van der Waals surface area contributed by atoms with Gasteiger partial charge in [-0.15, -0.1) is 0 Å². The van der Waals surface area contributed by atoms with Crippen molar-refractivity contribution < 1.29 is 4.74 Å². The van der Waals surface area contributed by atoms with E-state index in [1.54, 1.807) is 0 Å². The summed E-state index contributed by atoms with van der Waals surface area (Å²) in [6.45, 7) is 13.4. The Hall–Kier alpha value is -5.29. The molecular formula is C41H38N4O. The third-order valence-corrected chi connectivity index (χ3v) is 8.44. The van der Waals surface area contributed by atoms with Crippen molar-refractivity contribution in [2.75, 3.05) is 4.90 Å². The summed E-state index contributed by atoms with van der Waals surface area (Å²) in [5, 5.41) is 0. The van der Waals surface area contributed by atoms with Gasteiger partial charge in [0.05, 0.1) is 11.4 Å². The molecule has 0 unspecified atom stereocenters. The third-order valence-electron chi connectivity index (χ3n) is 8.44. The highest BCUT2D eigenvalue weighted by Gasteiger charge is 2.29. The number of hydrogen-bond donors (Lipinski definition) is 0. The lowest BCUT2D eigenvalue weighted by Crippen LogP contribution is -2.19. The number of nitrogens with zero attached hydrogens (tertiary/aromatic N) is 4. The smallest absolute Gasteiger partial charge is 0.164 e. The average molecular weight is 603 g/mol. The molecule has 1 aliphatic rings.